The number of benzene rings is 3. The first kappa shape index (κ1) is 36.4. The Hall–Kier alpha value is -4.94. The van der Waals surface area contributed by atoms with Gasteiger partial charge in [-0.15, -0.1) is 0 Å². The Labute approximate surface area is 314 Å². The topological polar surface area (TPSA) is 154 Å². The van der Waals surface area contributed by atoms with Crippen molar-refractivity contribution < 1.29 is 43.3 Å². The Kier molecular flexibility index (Phi) is 9.71. The number of unbranched alkanes of at least 4 members (excludes halogenated alkanes) is 2. The second kappa shape index (κ2) is 14.1. The van der Waals surface area contributed by atoms with Crippen molar-refractivity contribution in [2.75, 3.05) is 19.1 Å². The number of hydrazine groups is 1. The van der Waals surface area contributed by atoms with Crippen molar-refractivity contribution in [3.05, 3.63) is 99.3 Å². The fraction of sp³-hybridized carbons (Fsp3) is 0.359. The third-order valence-corrected chi connectivity index (χ3v) is 11.8. The van der Waals surface area contributed by atoms with Crippen LogP contribution in [-0.4, -0.2) is 63.4 Å². The zero-order valence-electron chi connectivity index (χ0n) is 28.6. The number of carbonyl (C=O) groups excluding carboxylic acids is 4. The SMILES string of the molecule is COc1ccc([C@@]23C(=O)N(Nc4ccc(Cl)cc4Cl)C(=O)[C@@H]2C[C@@H]2C(=CC[C@@H]4C(=O)N(CCCCCC(=O)O)C(=O)[C@@H]42)[C@@H]3c2cccc(F)c2O)cc1. The van der Waals surface area contributed by atoms with Gasteiger partial charge in [0.05, 0.1) is 41.0 Å². The number of nitrogens with one attached hydrogen (secondary N) is 1. The lowest BCUT2D eigenvalue weighted by Crippen LogP contribution is -2.53. The molecule has 4 amide bonds. The zero-order valence-corrected chi connectivity index (χ0v) is 30.1. The number of aromatic hydroxyl groups is 1. The van der Waals surface area contributed by atoms with Crippen LogP contribution in [0.3, 0.4) is 0 Å². The maximum Gasteiger partial charge on any atom is 0.303 e. The number of anilines is 1. The van der Waals surface area contributed by atoms with Gasteiger partial charge in [0.1, 0.15) is 5.75 Å². The van der Waals surface area contributed by atoms with Crippen LogP contribution in [0.25, 0.3) is 0 Å². The summed E-state index contributed by atoms with van der Waals surface area (Å²) in [7, 11) is 1.49. The lowest BCUT2D eigenvalue weighted by atomic mass is 9.49. The Morgan fingerprint density at radius 3 is 2.43 bits per heavy atom. The molecule has 0 bridgehead atoms. The summed E-state index contributed by atoms with van der Waals surface area (Å²) in [5, 5.41) is 21.7. The van der Waals surface area contributed by atoms with Gasteiger partial charge in [0, 0.05) is 29.5 Å². The standard InChI is InChI=1S/C39H36Cl2FN3O8/c1-53-22-12-9-20(10-13-22)39-27(36(50)45(38(39)52)43-30-16-11-21(40)18-28(30)41)19-26-23(33(39)25-6-5-7-29(42)34(25)48)14-15-24-32(26)37(51)44(35(24)49)17-4-2-3-8-31(46)47/h5-7,9-14,16,18,24,26-27,32-33,43,48H,2-4,8,15,17,19H2,1H3,(H,46,47)/t24-,26+,27-,32-,33+,39+/m0/s1. The van der Waals surface area contributed by atoms with Gasteiger partial charge >= 0.3 is 5.97 Å². The van der Waals surface area contributed by atoms with Gasteiger partial charge in [-0.2, -0.15) is 5.01 Å². The second-order valence-electron chi connectivity index (χ2n) is 13.9. The summed E-state index contributed by atoms with van der Waals surface area (Å²) < 4.78 is 20.7. The number of amides is 4. The predicted octanol–water partition coefficient (Wildman–Crippen LogP) is 6.48. The molecule has 53 heavy (non-hydrogen) atoms. The lowest BCUT2D eigenvalue weighted by molar-refractivity contribution is -0.141. The molecule has 3 N–H and O–H groups in total. The summed E-state index contributed by atoms with van der Waals surface area (Å²) >= 11 is 12.6. The number of aliphatic carboxylic acids is 1. The number of carbonyl (C=O) groups is 5. The van der Waals surface area contributed by atoms with Crippen molar-refractivity contribution in [2.24, 2.45) is 23.7 Å². The molecule has 3 aromatic rings. The minimum Gasteiger partial charge on any atom is -0.505 e. The number of likely N-dealkylation sites (tertiary alicyclic amines) is 1. The number of phenols is 1. The number of para-hydroxylation sites is 1. The molecule has 2 aliphatic carbocycles. The van der Waals surface area contributed by atoms with Gasteiger partial charge < -0.3 is 14.9 Å². The van der Waals surface area contributed by atoms with Crippen LogP contribution in [0, 0.1) is 29.5 Å². The van der Waals surface area contributed by atoms with Crippen molar-refractivity contribution in [1.82, 2.24) is 9.91 Å². The molecular weight excluding hydrogens is 728 g/mol. The largest absolute Gasteiger partial charge is 0.505 e. The molecule has 4 aliphatic rings. The third kappa shape index (κ3) is 5.92. The monoisotopic (exact) mass is 763 g/mol. The molecule has 276 valence electrons. The number of phenolic OH excluding ortho intramolecular Hbond substituents is 1. The highest BCUT2D eigenvalue weighted by molar-refractivity contribution is 6.36. The molecule has 7 rings (SSSR count). The van der Waals surface area contributed by atoms with E-state index in [-0.39, 0.29) is 48.0 Å². The molecule has 0 aromatic heterocycles. The van der Waals surface area contributed by atoms with Crippen molar-refractivity contribution in [1.29, 1.82) is 0 Å². The van der Waals surface area contributed by atoms with E-state index in [0.29, 0.717) is 41.2 Å². The van der Waals surface area contributed by atoms with Crippen LogP contribution in [0.5, 0.6) is 11.5 Å². The summed E-state index contributed by atoms with van der Waals surface area (Å²) in [5.41, 5.74) is 2.37. The molecule has 0 unspecified atom stereocenters. The Balaban J connectivity index is 1.37. The van der Waals surface area contributed by atoms with E-state index in [9.17, 15) is 24.3 Å². The van der Waals surface area contributed by atoms with E-state index in [1.165, 1.54) is 36.3 Å². The van der Waals surface area contributed by atoms with E-state index >= 15 is 9.18 Å². The first-order chi connectivity index (χ1) is 25.4. The van der Waals surface area contributed by atoms with Crippen LogP contribution >= 0.6 is 23.2 Å². The number of carboxylic acids is 1. The summed E-state index contributed by atoms with van der Waals surface area (Å²) in [6.45, 7) is 0.122. The van der Waals surface area contributed by atoms with Gasteiger partial charge in [-0.05, 0) is 73.6 Å². The molecule has 0 radical (unpaired) electrons. The average molecular weight is 765 g/mol. The minimum atomic E-state index is -1.76. The van der Waals surface area contributed by atoms with Gasteiger partial charge in [0.25, 0.3) is 11.8 Å². The molecule has 6 atom stereocenters. The Bertz CT molecular complexity index is 2060. The smallest absolute Gasteiger partial charge is 0.303 e. The number of fused-ring (bicyclic) bond motifs is 4. The number of carboxylic acid groups (broad SMARTS) is 1. The molecule has 2 saturated heterocycles. The molecule has 3 aromatic carbocycles. The molecule has 2 aliphatic heterocycles. The number of hydrogen-bond donors (Lipinski definition) is 3. The minimum absolute atomic E-state index is 0.00577. The summed E-state index contributed by atoms with van der Waals surface area (Å²) in [4.78, 5) is 70.2. The van der Waals surface area contributed by atoms with E-state index in [4.69, 9.17) is 33.0 Å². The molecular formula is C39H36Cl2FN3O8. The normalized spacial score (nSPS) is 26.3. The maximum atomic E-state index is 15.3. The summed E-state index contributed by atoms with van der Waals surface area (Å²) in [5.74, 6) is -8.75. The van der Waals surface area contributed by atoms with Crippen LogP contribution in [0.1, 0.15) is 55.6 Å². The lowest BCUT2D eigenvalue weighted by Gasteiger charge is -2.50. The third-order valence-electron chi connectivity index (χ3n) is 11.3. The molecule has 11 nitrogen and oxygen atoms in total. The number of halogens is 3. The summed E-state index contributed by atoms with van der Waals surface area (Å²) in [6.07, 6.45) is 3.29. The Morgan fingerprint density at radius 2 is 1.74 bits per heavy atom. The first-order valence-electron chi connectivity index (χ1n) is 17.4. The molecule has 14 heteroatoms. The number of allylic oxidation sites excluding steroid dienone is 2. The molecule has 1 saturated carbocycles. The van der Waals surface area contributed by atoms with Crippen LogP contribution < -0.4 is 10.2 Å². The van der Waals surface area contributed by atoms with Crippen LogP contribution in [-0.2, 0) is 29.4 Å². The highest BCUT2D eigenvalue weighted by Crippen LogP contribution is 2.65. The maximum absolute atomic E-state index is 15.3. The van der Waals surface area contributed by atoms with Gasteiger partial charge in [0.15, 0.2) is 11.6 Å². The van der Waals surface area contributed by atoms with Crippen LogP contribution in [0.15, 0.2) is 72.3 Å². The van der Waals surface area contributed by atoms with E-state index in [2.05, 4.69) is 5.43 Å². The fourth-order valence-corrected chi connectivity index (χ4v) is 9.41. The van der Waals surface area contributed by atoms with E-state index in [1.54, 1.807) is 30.3 Å². The quantitative estimate of drug-likeness (QED) is 0.113. The Morgan fingerprint density at radius 1 is 0.981 bits per heavy atom. The zero-order chi connectivity index (χ0) is 37.8. The highest BCUT2D eigenvalue weighted by Gasteiger charge is 2.70. The summed E-state index contributed by atoms with van der Waals surface area (Å²) in [6, 6.07) is 15.2. The fourth-order valence-electron chi connectivity index (χ4n) is 8.96. The van der Waals surface area contributed by atoms with Crippen molar-refractivity contribution >= 4 is 58.5 Å². The first-order valence-corrected chi connectivity index (χ1v) is 18.1. The van der Waals surface area contributed by atoms with Crippen molar-refractivity contribution in [3.8, 4) is 11.5 Å². The highest BCUT2D eigenvalue weighted by atomic mass is 35.5. The molecule has 0 spiro atoms. The molecule has 3 fully saturated rings. The van der Waals surface area contributed by atoms with Gasteiger partial charge in [-0.3, -0.25) is 34.3 Å². The van der Waals surface area contributed by atoms with Crippen molar-refractivity contribution in [3.63, 3.8) is 0 Å². The number of nitrogens with zero attached hydrogens (tertiary/aromatic N) is 2. The number of rotatable bonds is 11. The second-order valence-corrected chi connectivity index (χ2v) is 14.8. The van der Waals surface area contributed by atoms with Crippen LogP contribution in [0.2, 0.25) is 10.0 Å². The van der Waals surface area contributed by atoms with Crippen molar-refractivity contribution in [2.45, 2.75) is 49.9 Å². The molecule has 2 heterocycles. The number of methoxy groups -OCH3 is 1. The van der Waals surface area contributed by atoms with E-state index in [1.807, 2.05) is 6.08 Å². The number of ether oxygens (including phenoxy) is 1. The average Bonchev–Trinajstić information content (AvgIpc) is 3.50. The van der Waals surface area contributed by atoms with E-state index < -0.39 is 70.3 Å². The number of hydrogen-bond acceptors (Lipinski definition) is 8. The predicted molar refractivity (Wildman–Crippen MR) is 192 cm³/mol. The number of imide groups is 2. The van der Waals surface area contributed by atoms with Gasteiger partial charge in [-0.25, -0.2) is 4.39 Å². The van der Waals surface area contributed by atoms with Crippen LogP contribution in [0.4, 0.5) is 10.1 Å². The van der Waals surface area contributed by atoms with E-state index in [0.717, 1.165) is 11.1 Å². The van der Waals surface area contributed by atoms with Gasteiger partial charge in [0.2, 0.25) is 11.8 Å². The van der Waals surface area contributed by atoms with Gasteiger partial charge in [-0.1, -0.05) is 65.5 Å².